The highest BCUT2D eigenvalue weighted by atomic mass is 35.5. The Morgan fingerprint density at radius 1 is 1.15 bits per heavy atom. The maximum Gasteiger partial charge on any atom is 0.226 e. The summed E-state index contributed by atoms with van der Waals surface area (Å²) in [5.74, 6) is 0.695. The summed E-state index contributed by atoms with van der Waals surface area (Å²) in [6.07, 6.45) is 1.93. The minimum Gasteiger partial charge on any atom is -0.368 e. The van der Waals surface area contributed by atoms with E-state index in [-0.39, 0.29) is 11.2 Å². The number of carbonyl (C=O) groups is 1. The summed E-state index contributed by atoms with van der Waals surface area (Å²) in [5.41, 5.74) is 2.39. The number of amides is 1. The van der Waals surface area contributed by atoms with Crippen molar-refractivity contribution in [1.82, 2.24) is 24.8 Å². The van der Waals surface area contributed by atoms with Crippen molar-refractivity contribution >= 4 is 40.2 Å². The molecule has 0 atom stereocenters. The number of fused-ring (bicyclic) bond motifs is 1. The maximum atomic E-state index is 12.5. The lowest BCUT2D eigenvalue weighted by Crippen LogP contribution is -2.49. The Hall–Kier alpha value is -2.87. The van der Waals surface area contributed by atoms with Crippen molar-refractivity contribution in [3.05, 3.63) is 41.9 Å². The lowest BCUT2D eigenvalue weighted by atomic mass is 10.2. The summed E-state index contributed by atoms with van der Waals surface area (Å²) < 4.78 is 0. The minimum absolute atomic E-state index is 0.125. The van der Waals surface area contributed by atoms with Gasteiger partial charge in [0.05, 0.1) is 6.33 Å². The molecular formula is C18H20ClN7O. The number of hydrogen-bond acceptors (Lipinski definition) is 6. The van der Waals surface area contributed by atoms with Crippen molar-refractivity contribution in [2.45, 2.75) is 6.42 Å². The number of carbonyl (C=O) groups excluding carboxylic acids is 1. The number of piperazine rings is 1. The molecule has 1 saturated heterocycles. The molecule has 0 saturated carbocycles. The van der Waals surface area contributed by atoms with Crippen LogP contribution < -0.4 is 10.2 Å². The molecule has 2 N–H and O–H groups in total. The molecule has 27 heavy (non-hydrogen) atoms. The Morgan fingerprint density at radius 3 is 2.70 bits per heavy atom. The topological polar surface area (TPSA) is 90.0 Å². The van der Waals surface area contributed by atoms with Gasteiger partial charge < -0.3 is 20.1 Å². The number of hydrogen-bond donors (Lipinski definition) is 2. The lowest BCUT2D eigenvalue weighted by Gasteiger charge is -2.36. The molecule has 0 unspecified atom stereocenters. The summed E-state index contributed by atoms with van der Waals surface area (Å²) in [6.45, 7) is 3.63. The second-order valence-corrected chi connectivity index (χ2v) is 6.66. The third-order valence-corrected chi connectivity index (χ3v) is 4.81. The predicted octanol–water partition coefficient (Wildman–Crippen LogP) is 2.16. The van der Waals surface area contributed by atoms with Gasteiger partial charge in [0, 0.05) is 44.8 Å². The van der Waals surface area contributed by atoms with Crippen LogP contribution in [-0.4, -0.2) is 63.5 Å². The van der Waals surface area contributed by atoms with E-state index in [4.69, 9.17) is 11.6 Å². The molecule has 0 aliphatic carbocycles. The molecular weight excluding hydrogens is 366 g/mol. The molecule has 9 heteroatoms. The second-order valence-electron chi connectivity index (χ2n) is 6.32. The largest absolute Gasteiger partial charge is 0.368 e. The van der Waals surface area contributed by atoms with Crippen molar-refractivity contribution in [3.63, 3.8) is 0 Å². The number of halogens is 1. The van der Waals surface area contributed by atoms with Crippen LogP contribution in [0.25, 0.3) is 11.2 Å². The second kappa shape index (κ2) is 7.79. The van der Waals surface area contributed by atoms with Crippen molar-refractivity contribution in [2.24, 2.45) is 0 Å². The molecule has 8 nitrogen and oxygen atoms in total. The smallest absolute Gasteiger partial charge is 0.226 e. The van der Waals surface area contributed by atoms with Crippen LogP contribution in [0.4, 0.5) is 11.5 Å². The first-order valence-corrected chi connectivity index (χ1v) is 9.27. The van der Waals surface area contributed by atoms with Crippen LogP contribution in [0.15, 0.2) is 36.7 Å². The Labute approximate surface area is 161 Å². The van der Waals surface area contributed by atoms with Gasteiger partial charge in [0.2, 0.25) is 11.2 Å². The average Bonchev–Trinajstić information content (AvgIpc) is 3.17. The summed E-state index contributed by atoms with van der Waals surface area (Å²) in [4.78, 5) is 32.0. The van der Waals surface area contributed by atoms with E-state index in [1.54, 1.807) is 0 Å². The fraction of sp³-hybridized carbons (Fsp3) is 0.333. The fourth-order valence-electron chi connectivity index (χ4n) is 3.23. The van der Waals surface area contributed by atoms with E-state index in [1.165, 1.54) is 12.0 Å². The molecule has 140 valence electrons. The molecule has 0 bridgehead atoms. The Balaban J connectivity index is 1.28. The monoisotopic (exact) mass is 385 g/mol. The van der Waals surface area contributed by atoms with Crippen LogP contribution in [0, 0.1) is 0 Å². The quantitative estimate of drug-likeness (QED) is 0.654. The number of aromatic amines is 1. The van der Waals surface area contributed by atoms with Gasteiger partial charge in [-0.2, -0.15) is 9.97 Å². The first kappa shape index (κ1) is 17.5. The highest BCUT2D eigenvalue weighted by Gasteiger charge is 2.21. The van der Waals surface area contributed by atoms with Crippen LogP contribution in [-0.2, 0) is 4.79 Å². The molecule has 1 aromatic carbocycles. The van der Waals surface area contributed by atoms with Gasteiger partial charge in [0.15, 0.2) is 11.5 Å². The molecule has 3 heterocycles. The Bertz CT molecular complexity index is 922. The zero-order chi connectivity index (χ0) is 18.6. The number of rotatable bonds is 5. The first-order valence-electron chi connectivity index (χ1n) is 8.89. The van der Waals surface area contributed by atoms with Gasteiger partial charge in [0.25, 0.3) is 0 Å². The summed E-state index contributed by atoms with van der Waals surface area (Å²) >= 11 is 5.91. The van der Waals surface area contributed by atoms with Crippen molar-refractivity contribution < 1.29 is 4.79 Å². The summed E-state index contributed by atoms with van der Waals surface area (Å²) in [7, 11) is 0. The van der Waals surface area contributed by atoms with E-state index in [9.17, 15) is 4.79 Å². The molecule has 1 aliphatic rings. The third-order valence-electron chi connectivity index (χ3n) is 4.64. The molecule has 3 aromatic rings. The number of nitrogens with zero attached hydrogens (tertiary/aromatic N) is 5. The van der Waals surface area contributed by atoms with Gasteiger partial charge in [-0.15, -0.1) is 0 Å². The Morgan fingerprint density at radius 2 is 1.93 bits per heavy atom. The molecule has 1 aliphatic heterocycles. The summed E-state index contributed by atoms with van der Waals surface area (Å²) in [6, 6.07) is 10.3. The van der Waals surface area contributed by atoms with Crippen LogP contribution in [0.3, 0.4) is 0 Å². The van der Waals surface area contributed by atoms with E-state index in [2.05, 4.69) is 42.3 Å². The van der Waals surface area contributed by atoms with Gasteiger partial charge in [-0.3, -0.25) is 4.79 Å². The molecule has 4 rings (SSSR count). The number of imidazole rings is 1. The number of anilines is 2. The molecule has 0 spiro atoms. The third kappa shape index (κ3) is 3.95. The van der Waals surface area contributed by atoms with E-state index >= 15 is 0 Å². The SMILES string of the molecule is O=C(CCNc1nc(Cl)nc2nc[nH]c12)N1CCN(c2ccccc2)CC1. The average molecular weight is 386 g/mol. The number of benzene rings is 1. The van der Waals surface area contributed by atoms with Crippen LogP contribution in [0.1, 0.15) is 6.42 Å². The van der Waals surface area contributed by atoms with Crippen LogP contribution in [0.5, 0.6) is 0 Å². The molecule has 1 amide bonds. The number of aromatic nitrogens is 4. The number of nitrogens with one attached hydrogen (secondary N) is 2. The zero-order valence-corrected chi connectivity index (χ0v) is 15.5. The highest BCUT2D eigenvalue weighted by molar-refractivity contribution is 6.28. The van der Waals surface area contributed by atoms with Crippen molar-refractivity contribution in [1.29, 1.82) is 0 Å². The van der Waals surface area contributed by atoms with Gasteiger partial charge >= 0.3 is 0 Å². The van der Waals surface area contributed by atoms with E-state index in [1.807, 2.05) is 23.1 Å². The number of para-hydroxylation sites is 1. The standard InChI is InChI=1S/C18H20ClN7O/c19-18-23-16(15-17(24-18)22-12-21-15)20-7-6-14(27)26-10-8-25(9-11-26)13-4-2-1-3-5-13/h1-5,12H,6-11H2,(H2,20,21,22,23,24). The Kier molecular flexibility index (Phi) is 5.06. The minimum atomic E-state index is 0.125. The maximum absolute atomic E-state index is 12.5. The molecule has 2 aromatic heterocycles. The molecule has 0 radical (unpaired) electrons. The van der Waals surface area contributed by atoms with Gasteiger partial charge in [-0.05, 0) is 23.7 Å². The van der Waals surface area contributed by atoms with Crippen LogP contribution >= 0.6 is 11.6 Å². The first-order chi connectivity index (χ1) is 13.2. The zero-order valence-electron chi connectivity index (χ0n) is 14.7. The van der Waals surface area contributed by atoms with E-state index < -0.39 is 0 Å². The summed E-state index contributed by atoms with van der Waals surface area (Å²) in [5, 5.41) is 3.28. The highest BCUT2D eigenvalue weighted by Crippen LogP contribution is 2.19. The van der Waals surface area contributed by atoms with Crippen molar-refractivity contribution in [2.75, 3.05) is 42.9 Å². The van der Waals surface area contributed by atoms with Crippen LogP contribution in [0.2, 0.25) is 5.28 Å². The fourth-order valence-corrected chi connectivity index (χ4v) is 3.40. The van der Waals surface area contributed by atoms with E-state index in [0.29, 0.717) is 29.9 Å². The van der Waals surface area contributed by atoms with Crippen molar-refractivity contribution in [3.8, 4) is 0 Å². The number of H-pyrrole nitrogens is 1. The molecule has 1 fully saturated rings. The van der Waals surface area contributed by atoms with Gasteiger partial charge in [-0.25, -0.2) is 4.98 Å². The lowest BCUT2D eigenvalue weighted by molar-refractivity contribution is -0.131. The van der Waals surface area contributed by atoms with E-state index in [0.717, 1.165) is 26.2 Å². The predicted molar refractivity (Wildman–Crippen MR) is 105 cm³/mol. The van der Waals surface area contributed by atoms with Gasteiger partial charge in [0.1, 0.15) is 5.52 Å². The normalized spacial score (nSPS) is 14.6. The van der Waals surface area contributed by atoms with Gasteiger partial charge in [-0.1, -0.05) is 18.2 Å².